The second-order valence-electron chi connectivity index (χ2n) is 3.23. The molecular formula is C12H13NO2. The van der Waals surface area contributed by atoms with E-state index in [0.717, 1.165) is 5.75 Å². The molecule has 2 aromatic carbocycles. The second kappa shape index (κ2) is 4.77. The Kier molecular flexibility index (Phi) is 3.17. The fourth-order valence-electron chi connectivity index (χ4n) is 1.46. The van der Waals surface area contributed by atoms with Crippen LogP contribution in [0.15, 0.2) is 42.5 Å². The topological polar surface area (TPSA) is 44.5 Å². The summed E-state index contributed by atoms with van der Waals surface area (Å²) in [4.78, 5) is 4.43. The van der Waals surface area contributed by atoms with E-state index in [4.69, 9.17) is 10.6 Å². The third-order valence-electron chi connectivity index (χ3n) is 2.19. The molecule has 2 rings (SSSR count). The second-order valence-corrected chi connectivity index (χ2v) is 3.23. The van der Waals surface area contributed by atoms with Crippen LogP contribution in [0.4, 0.5) is 0 Å². The Hall–Kier alpha value is -1.58. The van der Waals surface area contributed by atoms with Crippen LogP contribution in [0, 0.1) is 0 Å². The lowest BCUT2D eigenvalue weighted by atomic mass is 10.1. The lowest BCUT2D eigenvalue weighted by Crippen LogP contribution is -2.09. The van der Waals surface area contributed by atoms with Crippen LogP contribution in [0.3, 0.4) is 0 Å². The van der Waals surface area contributed by atoms with Crippen molar-refractivity contribution in [2.45, 2.75) is 0 Å². The van der Waals surface area contributed by atoms with Crippen molar-refractivity contribution in [3.63, 3.8) is 0 Å². The molecule has 0 saturated heterocycles. The van der Waals surface area contributed by atoms with Gasteiger partial charge in [-0.3, -0.25) is 0 Å². The Morgan fingerprint density at radius 1 is 0.933 bits per heavy atom. The quantitative estimate of drug-likeness (QED) is 0.611. The van der Waals surface area contributed by atoms with Crippen LogP contribution in [-0.2, 0) is 4.84 Å². The van der Waals surface area contributed by atoms with Crippen molar-refractivity contribution in [2.24, 2.45) is 5.90 Å². The number of nitrogens with two attached hydrogens (primary N) is 1. The van der Waals surface area contributed by atoms with Crippen molar-refractivity contribution in [1.82, 2.24) is 0 Å². The minimum atomic E-state index is 0.396. The molecule has 2 N–H and O–H groups in total. The molecule has 0 radical (unpaired) electrons. The molecule has 15 heavy (non-hydrogen) atoms. The number of ether oxygens (including phenoxy) is 1. The summed E-state index contributed by atoms with van der Waals surface area (Å²) in [6.07, 6.45) is 0. The molecule has 0 aliphatic heterocycles. The third kappa shape index (κ3) is 2.46. The Morgan fingerprint density at radius 2 is 1.73 bits per heavy atom. The molecule has 0 aliphatic carbocycles. The molecular weight excluding hydrogens is 190 g/mol. The lowest BCUT2D eigenvalue weighted by molar-refractivity contribution is 0.102. The number of hydrogen-bond donors (Lipinski definition) is 1. The van der Waals surface area contributed by atoms with E-state index in [1.54, 1.807) is 0 Å². The first-order valence-electron chi connectivity index (χ1n) is 4.83. The average molecular weight is 203 g/mol. The molecule has 0 aliphatic rings. The van der Waals surface area contributed by atoms with Gasteiger partial charge in [0.05, 0.1) is 0 Å². The molecule has 0 heterocycles. The highest BCUT2D eigenvalue weighted by atomic mass is 16.6. The summed E-state index contributed by atoms with van der Waals surface area (Å²) in [5.41, 5.74) is 0. The van der Waals surface area contributed by atoms with Crippen LogP contribution >= 0.6 is 0 Å². The van der Waals surface area contributed by atoms with Gasteiger partial charge < -0.3 is 9.57 Å². The van der Waals surface area contributed by atoms with Crippen molar-refractivity contribution < 1.29 is 9.57 Å². The zero-order valence-electron chi connectivity index (χ0n) is 8.35. The molecule has 0 atom stereocenters. The van der Waals surface area contributed by atoms with Gasteiger partial charge in [-0.1, -0.05) is 30.3 Å². The monoisotopic (exact) mass is 203 g/mol. The van der Waals surface area contributed by atoms with Gasteiger partial charge in [-0.15, -0.1) is 0 Å². The highest BCUT2D eigenvalue weighted by Crippen LogP contribution is 2.20. The van der Waals surface area contributed by atoms with Crippen LogP contribution in [0.2, 0.25) is 0 Å². The summed E-state index contributed by atoms with van der Waals surface area (Å²) >= 11 is 0. The summed E-state index contributed by atoms with van der Waals surface area (Å²) in [5, 5.41) is 2.38. The average Bonchev–Trinajstić information content (AvgIpc) is 2.29. The molecule has 3 heteroatoms. The molecule has 0 spiro atoms. The largest absolute Gasteiger partial charge is 0.491 e. The van der Waals surface area contributed by atoms with Crippen molar-refractivity contribution >= 4 is 10.8 Å². The maximum absolute atomic E-state index is 5.45. The zero-order valence-corrected chi connectivity index (χ0v) is 8.35. The first-order valence-corrected chi connectivity index (χ1v) is 4.83. The standard InChI is InChI=1S/C12H13NO2/c13-15-8-7-14-12-6-5-10-3-1-2-4-11(10)9-12/h1-6,9H,7-8,13H2. The van der Waals surface area contributed by atoms with Crippen LogP contribution in [0.1, 0.15) is 0 Å². The first kappa shape index (κ1) is 9.96. The van der Waals surface area contributed by atoms with Crippen molar-refractivity contribution in [3.8, 4) is 5.75 Å². The predicted octanol–water partition coefficient (Wildman–Crippen LogP) is 2.11. The SMILES string of the molecule is NOCCOc1ccc2ccccc2c1. The fourth-order valence-corrected chi connectivity index (χ4v) is 1.46. The van der Waals surface area contributed by atoms with E-state index >= 15 is 0 Å². The number of benzene rings is 2. The number of hydrogen-bond acceptors (Lipinski definition) is 3. The van der Waals surface area contributed by atoms with Gasteiger partial charge in [0.15, 0.2) is 0 Å². The maximum Gasteiger partial charge on any atom is 0.120 e. The Labute approximate surface area is 88.4 Å². The van der Waals surface area contributed by atoms with E-state index in [1.165, 1.54) is 10.8 Å². The van der Waals surface area contributed by atoms with Gasteiger partial charge in [0.2, 0.25) is 0 Å². The summed E-state index contributed by atoms with van der Waals surface area (Å²) in [6, 6.07) is 14.1. The molecule has 78 valence electrons. The van der Waals surface area contributed by atoms with E-state index in [2.05, 4.69) is 17.0 Å². The molecule has 0 saturated carbocycles. The molecule has 3 nitrogen and oxygen atoms in total. The van der Waals surface area contributed by atoms with Crippen LogP contribution in [-0.4, -0.2) is 13.2 Å². The number of fused-ring (bicyclic) bond motifs is 1. The van der Waals surface area contributed by atoms with Crippen molar-refractivity contribution in [3.05, 3.63) is 42.5 Å². The van der Waals surface area contributed by atoms with Crippen LogP contribution < -0.4 is 10.6 Å². The Balaban J connectivity index is 2.16. The highest BCUT2D eigenvalue weighted by Gasteiger charge is 1.96. The summed E-state index contributed by atoms with van der Waals surface area (Å²) in [7, 11) is 0. The van der Waals surface area contributed by atoms with Gasteiger partial charge in [-0.05, 0) is 22.9 Å². The third-order valence-corrected chi connectivity index (χ3v) is 2.19. The van der Waals surface area contributed by atoms with Crippen LogP contribution in [0.25, 0.3) is 10.8 Å². The van der Waals surface area contributed by atoms with Crippen molar-refractivity contribution in [1.29, 1.82) is 0 Å². The highest BCUT2D eigenvalue weighted by molar-refractivity contribution is 5.83. The van der Waals surface area contributed by atoms with E-state index in [1.807, 2.05) is 30.3 Å². The molecule has 0 amide bonds. The fraction of sp³-hybridized carbons (Fsp3) is 0.167. The summed E-state index contributed by atoms with van der Waals surface area (Å²) in [6.45, 7) is 0.863. The minimum absolute atomic E-state index is 0.396. The molecule has 0 unspecified atom stereocenters. The summed E-state index contributed by atoms with van der Waals surface area (Å²) < 4.78 is 5.45. The van der Waals surface area contributed by atoms with Gasteiger partial charge in [0.25, 0.3) is 0 Å². The van der Waals surface area contributed by atoms with Gasteiger partial charge in [0.1, 0.15) is 19.0 Å². The maximum atomic E-state index is 5.45. The van der Waals surface area contributed by atoms with Crippen molar-refractivity contribution in [2.75, 3.05) is 13.2 Å². The lowest BCUT2D eigenvalue weighted by Gasteiger charge is -2.06. The van der Waals surface area contributed by atoms with Gasteiger partial charge in [-0.2, -0.15) is 0 Å². The van der Waals surface area contributed by atoms with E-state index in [9.17, 15) is 0 Å². The number of rotatable bonds is 4. The van der Waals surface area contributed by atoms with Crippen LogP contribution in [0.5, 0.6) is 5.75 Å². The Morgan fingerprint density at radius 3 is 2.53 bits per heavy atom. The predicted molar refractivity (Wildman–Crippen MR) is 59.6 cm³/mol. The van der Waals surface area contributed by atoms with Gasteiger partial charge in [0, 0.05) is 0 Å². The molecule has 0 fully saturated rings. The minimum Gasteiger partial charge on any atom is -0.491 e. The smallest absolute Gasteiger partial charge is 0.120 e. The molecule has 0 bridgehead atoms. The normalized spacial score (nSPS) is 10.5. The Bertz CT molecular complexity index is 442. The summed E-state index contributed by atoms with van der Waals surface area (Å²) in [5.74, 6) is 5.74. The van der Waals surface area contributed by atoms with Gasteiger partial charge in [-0.25, -0.2) is 5.90 Å². The molecule has 2 aromatic rings. The van der Waals surface area contributed by atoms with Gasteiger partial charge >= 0.3 is 0 Å². The molecule has 0 aromatic heterocycles. The first-order chi connectivity index (χ1) is 7.40. The van der Waals surface area contributed by atoms with E-state index < -0.39 is 0 Å². The van der Waals surface area contributed by atoms with E-state index in [0.29, 0.717) is 13.2 Å². The van der Waals surface area contributed by atoms with E-state index in [-0.39, 0.29) is 0 Å². The zero-order chi connectivity index (χ0) is 10.5.